The van der Waals surface area contributed by atoms with Crippen LogP contribution in [0.25, 0.3) is 0 Å². The average molecular weight is 511 g/mol. The van der Waals surface area contributed by atoms with E-state index in [2.05, 4.69) is 17.4 Å². The molecule has 1 aliphatic heterocycles. The van der Waals surface area contributed by atoms with E-state index in [1.165, 1.54) is 12.0 Å². The van der Waals surface area contributed by atoms with Crippen molar-refractivity contribution >= 4 is 23.6 Å². The zero-order valence-electron chi connectivity index (χ0n) is 21.0. The van der Waals surface area contributed by atoms with E-state index in [1.54, 1.807) is 23.1 Å². The second kappa shape index (κ2) is 10.7. The van der Waals surface area contributed by atoms with E-state index in [9.17, 15) is 9.59 Å². The lowest BCUT2D eigenvalue weighted by Gasteiger charge is -2.40. The molecular weight excluding hydrogens is 476 g/mol. The minimum absolute atomic E-state index is 0.0721. The number of ether oxygens (including phenoxy) is 2. The molecule has 3 atom stereocenters. The third kappa shape index (κ3) is 5.06. The van der Waals surface area contributed by atoms with Gasteiger partial charge in [0.2, 0.25) is 6.23 Å². The Kier molecular flexibility index (Phi) is 7.42. The third-order valence-corrected chi connectivity index (χ3v) is 7.90. The molecule has 1 heterocycles. The Hall–Kier alpha value is -2.73. The number of carbonyl (C=O) groups excluding carboxylic acids is 2. The fourth-order valence-electron chi connectivity index (χ4n) is 5.84. The van der Waals surface area contributed by atoms with Gasteiger partial charge in [0, 0.05) is 11.1 Å². The lowest BCUT2D eigenvalue weighted by Crippen LogP contribution is -2.48. The summed E-state index contributed by atoms with van der Waals surface area (Å²) in [6.45, 7) is 3.95. The number of rotatable bonds is 4. The lowest BCUT2D eigenvalue weighted by molar-refractivity contribution is -0.154. The van der Waals surface area contributed by atoms with Crippen molar-refractivity contribution in [3.63, 3.8) is 0 Å². The van der Waals surface area contributed by atoms with Gasteiger partial charge in [0.05, 0.1) is 11.6 Å². The highest BCUT2D eigenvalue weighted by Gasteiger charge is 2.45. The van der Waals surface area contributed by atoms with Gasteiger partial charge in [-0.3, -0.25) is 9.69 Å². The second-order valence-corrected chi connectivity index (χ2v) is 11.0. The largest absolute Gasteiger partial charge is 0.480 e. The van der Waals surface area contributed by atoms with Crippen molar-refractivity contribution in [2.24, 2.45) is 5.92 Å². The minimum Gasteiger partial charge on any atom is -0.480 e. The van der Waals surface area contributed by atoms with Gasteiger partial charge >= 0.3 is 6.09 Å². The first-order valence-corrected chi connectivity index (χ1v) is 13.6. The van der Waals surface area contributed by atoms with Crippen LogP contribution in [-0.4, -0.2) is 29.0 Å². The summed E-state index contributed by atoms with van der Waals surface area (Å²) >= 11 is 6.42. The summed E-state index contributed by atoms with van der Waals surface area (Å²) < 4.78 is 12.4. The predicted molar refractivity (Wildman–Crippen MR) is 139 cm³/mol. The standard InChI is InChI=1S/C29H35ClN2O4/c1-18(2)26-27(33)32(24-14-8-10-19-9-6-7-13-22(19)24)28(23-17-20(30)15-16-25(23)35-26)36-29(34)31-21-11-4-3-5-12-21/h6-7,9,13,15-18,21,24,26,28H,3-5,8,10-12,14H2,1-2H3,(H,31,34). The summed E-state index contributed by atoms with van der Waals surface area (Å²) in [6.07, 6.45) is 5.81. The van der Waals surface area contributed by atoms with Crippen LogP contribution < -0.4 is 10.1 Å². The van der Waals surface area contributed by atoms with Crippen molar-refractivity contribution in [1.29, 1.82) is 0 Å². The quantitative estimate of drug-likeness (QED) is 0.495. The van der Waals surface area contributed by atoms with Gasteiger partial charge in [0.25, 0.3) is 5.91 Å². The van der Waals surface area contributed by atoms with Gasteiger partial charge in [-0.1, -0.05) is 69.0 Å². The molecule has 1 N–H and O–H groups in total. The lowest BCUT2D eigenvalue weighted by atomic mass is 9.86. The number of hydrogen-bond acceptors (Lipinski definition) is 4. The molecule has 36 heavy (non-hydrogen) atoms. The molecule has 1 fully saturated rings. The van der Waals surface area contributed by atoms with Crippen LogP contribution in [0.2, 0.25) is 5.02 Å². The Morgan fingerprint density at radius 3 is 2.61 bits per heavy atom. The molecule has 0 spiro atoms. The molecule has 5 rings (SSSR count). The molecule has 0 radical (unpaired) electrons. The first kappa shape index (κ1) is 24.9. The van der Waals surface area contributed by atoms with Crippen LogP contribution in [0.4, 0.5) is 4.79 Å². The highest BCUT2D eigenvalue weighted by atomic mass is 35.5. The first-order valence-electron chi connectivity index (χ1n) is 13.3. The zero-order chi connectivity index (χ0) is 25.2. The molecule has 192 valence electrons. The molecular formula is C29H35ClN2O4. The number of alkyl carbamates (subject to hydrolysis) is 1. The maximum atomic E-state index is 14.2. The van der Waals surface area contributed by atoms with Crippen LogP contribution in [-0.2, 0) is 16.0 Å². The van der Waals surface area contributed by atoms with Crippen molar-refractivity contribution < 1.29 is 19.1 Å². The molecule has 3 aliphatic rings. The van der Waals surface area contributed by atoms with Crippen LogP contribution in [0.3, 0.4) is 0 Å². The van der Waals surface area contributed by atoms with E-state index in [0.29, 0.717) is 16.3 Å². The Labute approximate surface area is 218 Å². The Bertz CT molecular complexity index is 1110. The number of aryl methyl sites for hydroxylation is 1. The number of benzene rings is 2. The molecule has 2 aromatic rings. The molecule has 2 amide bonds. The highest BCUT2D eigenvalue weighted by molar-refractivity contribution is 6.30. The molecule has 7 heteroatoms. The van der Waals surface area contributed by atoms with E-state index in [1.807, 2.05) is 26.0 Å². The number of carbonyl (C=O) groups is 2. The zero-order valence-corrected chi connectivity index (χ0v) is 21.8. The number of fused-ring (bicyclic) bond motifs is 2. The van der Waals surface area contributed by atoms with E-state index in [0.717, 1.165) is 50.5 Å². The molecule has 0 bridgehead atoms. The van der Waals surface area contributed by atoms with Crippen molar-refractivity contribution in [2.75, 3.05) is 0 Å². The smallest absolute Gasteiger partial charge is 0.409 e. The Balaban J connectivity index is 1.57. The van der Waals surface area contributed by atoms with E-state index in [4.69, 9.17) is 21.1 Å². The third-order valence-electron chi connectivity index (χ3n) is 7.67. The normalized spacial score (nSPS) is 24.4. The van der Waals surface area contributed by atoms with Gasteiger partial charge in [0.1, 0.15) is 5.75 Å². The summed E-state index contributed by atoms with van der Waals surface area (Å²) in [6, 6.07) is 13.4. The van der Waals surface area contributed by atoms with Crippen molar-refractivity contribution in [1.82, 2.24) is 10.2 Å². The van der Waals surface area contributed by atoms with Gasteiger partial charge in [-0.05, 0) is 67.3 Å². The summed E-state index contributed by atoms with van der Waals surface area (Å²) in [5.41, 5.74) is 2.93. The minimum atomic E-state index is -0.949. The molecule has 0 saturated heterocycles. The highest BCUT2D eigenvalue weighted by Crippen LogP contribution is 2.45. The van der Waals surface area contributed by atoms with Gasteiger partial charge in [-0.15, -0.1) is 0 Å². The molecule has 0 aromatic heterocycles. The fraction of sp³-hybridized carbons (Fsp3) is 0.517. The SMILES string of the molecule is CC(C)C1Oc2ccc(Cl)cc2C(OC(=O)NC2CCCCC2)N(C2CCCc3ccccc32)C1=O. The van der Waals surface area contributed by atoms with E-state index in [-0.39, 0.29) is 23.9 Å². The second-order valence-electron chi connectivity index (χ2n) is 10.6. The maximum Gasteiger partial charge on any atom is 0.409 e. The monoisotopic (exact) mass is 510 g/mol. The van der Waals surface area contributed by atoms with Crippen molar-refractivity contribution in [3.8, 4) is 5.75 Å². The van der Waals surface area contributed by atoms with Crippen LogP contribution in [0.5, 0.6) is 5.75 Å². The Morgan fingerprint density at radius 2 is 1.83 bits per heavy atom. The summed E-state index contributed by atoms with van der Waals surface area (Å²) in [5.74, 6) is 0.278. The summed E-state index contributed by atoms with van der Waals surface area (Å²) in [7, 11) is 0. The number of halogens is 1. The summed E-state index contributed by atoms with van der Waals surface area (Å²) in [5, 5.41) is 3.55. The Morgan fingerprint density at radius 1 is 1.06 bits per heavy atom. The molecule has 6 nitrogen and oxygen atoms in total. The van der Waals surface area contributed by atoms with Gasteiger partial charge in [0.15, 0.2) is 6.10 Å². The van der Waals surface area contributed by atoms with E-state index >= 15 is 0 Å². The summed E-state index contributed by atoms with van der Waals surface area (Å²) in [4.78, 5) is 29.2. The van der Waals surface area contributed by atoms with Gasteiger partial charge in [-0.25, -0.2) is 4.79 Å². The van der Waals surface area contributed by atoms with Gasteiger partial charge < -0.3 is 14.8 Å². The topological polar surface area (TPSA) is 67.9 Å². The molecule has 2 aliphatic carbocycles. The molecule has 3 unspecified atom stereocenters. The van der Waals surface area contributed by atoms with Crippen molar-refractivity contribution in [3.05, 3.63) is 64.2 Å². The van der Waals surface area contributed by atoms with Gasteiger partial charge in [-0.2, -0.15) is 0 Å². The molecule has 2 aromatic carbocycles. The maximum absolute atomic E-state index is 14.2. The number of nitrogens with zero attached hydrogens (tertiary/aromatic N) is 1. The number of hydrogen-bond donors (Lipinski definition) is 1. The number of amides is 2. The average Bonchev–Trinajstić information content (AvgIpc) is 2.98. The molecule has 1 saturated carbocycles. The number of nitrogens with one attached hydrogen (secondary N) is 1. The fourth-order valence-corrected chi connectivity index (χ4v) is 6.02. The van der Waals surface area contributed by atoms with Crippen molar-refractivity contribution in [2.45, 2.75) is 89.6 Å². The predicted octanol–water partition coefficient (Wildman–Crippen LogP) is 6.72. The first-order chi connectivity index (χ1) is 17.4. The van der Waals surface area contributed by atoms with Crippen LogP contribution >= 0.6 is 11.6 Å². The van der Waals surface area contributed by atoms with Crippen LogP contribution in [0, 0.1) is 5.92 Å². The van der Waals surface area contributed by atoms with E-state index < -0.39 is 18.4 Å². The van der Waals surface area contributed by atoms with Crippen LogP contribution in [0.15, 0.2) is 42.5 Å². The van der Waals surface area contributed by atoms with Crippen LogP contribution in [0.1, 0.15) is 87.8 Å².